The van der Waals surface area contributed by atoms with Crippen molar-refractivity contribution < 1.29 is 14.3 Å². The molecule has 1 atom stereocenters. The first kappa shape index (κ1) is 24.0. The Labute approximate surface area is 201 Å². The third-order valence-corrected chi connectivity index (χ3v) is 6.79. The monoisotopic (exact) mass is 462 g/mol. The van der Waals surface area contributed by atoms with Gasteiger partial charge in [-0.1, -0.05) is 29.8 Å². The van der Waals surface area contributed by atoms with Crippen LogP contribution in [0, 0.1) is 19.8 Å². The summed E-state index contributed by atoms with van der Waals surface area (Å²) < 4.78 is 5.59. The molecule has 2 amide bonds. The van der Waals surface area contributed by atoms with Gasteiger partial charge in [-0.25, -0.2) is 5.01 Å². The van der Waals surface area contributed by atoms with Crippen molar-refractivity contribution in [1.82, 2.24) is 9.91 Å². The molecule has 1 unspecified atom stereocenters. The predicted molar refractivity (Wildman–Crippen MR) is 133 cm³/mol. The zero-order chi connectivity index (χ0) is 24.2. The van der Waals surface area contributed by atoms with Crippen LogP contribution in [0.4, 0.5) is 0 Å². The Balaban J connectivity index is 1.57. The van der Waals surface area contributed by atoms with Crippen LogP contribution in [0.15, 0.2) is 47.6 Å². The first-order valence-electron chi connectivity index (χ1n) is 12.1. The standard InChI is InChI=1S/C27H34N4O3/c1-4-34-22-9-7-20(8-10-22)25-16-24(23-15-18(2)5-6-19(23)3)29-31(25)26(32)17-30-13-11-21(12-14-30)27(28)33/h5-10,15,21,25H,4,11-14,16-17H2,1-3H3,(H2,28,33). The summed E-state index contributed by atoms with van der Waals surface area (Å²) in [6.07, 6.45) is 2.05. The van der Waals surface area contributed by atoms with Crippen LogP contribution in [-0.2, 0) is 9.59 Å². The van der Waals surface area contributed by atoms with Gasteiger partial charge in [0.15, 0.2) is 0 Å². The first-order valence-corrected chi connectivity index (χ1v) is 12.1. The molecule has 1 fully saturated rings. The van der Waals surface area contributed by atoms with Crippen molar-refractivity contribution in [3.8, 4) is 5.75 Å². The van der Waals surface area contributed by atoms with E-state index in [2.05, 4.69) is 36.9 Å². The lowest BCUT2D eigenvalue weighted by molar-refractivity contribution is -0.134. The summed E-state index contributed by atoms with van der Waals surface area (Å²) in [4.78, 5) is 27.1. The maximum absolute atomic E-state index is 13.5. The highest BCUT2D eigenvalue weighted by Crippen LogP contribution is 2.34. The third-order valence-electron chi connectivity index (χ3n) is 6.79. The number of carbonyl (C=O) groups excluding carboxylic acids is 2. The fourth-order valence-electron chi connectivity index (χ4n) is 4.80. The molecule has 2 aliphatic heterocycles. The molecule has 0 saturated carbocycles. The van der Waals surface area contributed by atoms with E-state index in [0.717, 1.165) is 28.2 Å². The largest absolute Gasteiger partial charge is 0.494 e. The normalized spacial score (nSPS) is 19.2. The SMILES string of the molecule is CCOc1ccc(C2CC(c3cc(C)ccc3C)=NN2C(=O)CN2CCC(C(N)=O)CC2)cc1. The molecule has 0 radical (unpaired) electrons. The molecule has 2 N–H and O–H groups in total. The molecule has 7 nitrogen and oxygen atoms in total. The second kappa shape index (κ2) is 10.4. The van der Waals surface area contributed by atoms with Crippen molar-refractivity contribution in [3.05, 3.63) is 64.7 Å². The van der Waals surface area contributed by atoms with Crippen LogP contribution in [0.2, 0.25) is 0 Å². The Morgan fingerprint density at radius 2 is 1.79 bits per heavy atom. The predicted octanol–water partition coefficient (Wildman–Crippen LogP) is 3.58. The molecule has 1 saturated heterocycles. The molecule has 0 aromatic heterocycles. The maximum Gasteiger partial charge on any atom is 0.257 e. The highest BCUT2D eigenvalue weighted by atomic mass is 16.5. The third kappa shape index (κ3) is 5.30. The van der Waals surface area contributed by atoms with Crippen molar-refractivity contribution in [3.63, 3.8) is 0 Å². The number of aryl methyl sites for hydroxylation is 2. The topological polar surface area (TPSA) is 88.2 Å². The van der Waals surface area contributed by atoms with Crippen LogP contribution >= 0.6 is 0 Å². The fraction of sp³-hybridized carbons (Fsp3) is 0.444. The summed E-state index contributed by atoms with van der Waals surface area (Å²) in [5.74, 6) is 0.444. The van der Waals surface area contributed by atoms with Crippen molar-refractivity contribution in [2.75, 3.05) is 26.2 Å². The highest BCUT2D eigenvalue weighted by Gasteiger charge is 2.35. The van der Waals surface area contributed by atoms with Crippen molar-refractivity contribution >= 4 is 17.5 Å². The average Bonchev–Trinajstić information content (AvgIpc) is 3.27. The number of likely N-dealkylation sites (tertiary alicyclic amines) is 1. The average molecular weight is 463 g/mol. The second-order valence-electron chi connectivity index (χ2n) is 9.28. The summed E-state index contributed by atoms with van der Waals surface area (Å²) in [6, 6.07) is 14.1. The number of rotatable bonds is 7. The van der Waals surface area contributed by atoms with E-state index in [9.17, 15) is 9.59 Å². The molecule has 7 heteroatoms. The van der Waals surface area contributed by atoms with Gasteiger partial charge in [0, 0.05) is 17.9 Å². The molecule has 2 aromatic rings. The van der Waals surface area contributed by atoms with Gasteiger partial charge >= 0.3 is 0 Å². The number of carbonyl (C=O) groups is 2. The number of hydrazone groups is 1. The summed E-state index contributed by atoms with van der Waals surface area (Å²) in [5.41, 5.74) is 10.8. The van der Waals surface area contributed by atoms with E-state index < -0.39 is 0 Å². The Morgan fingerprint density at radius 3 is 2.44 bits per heavy atom. The molecule has 34 heavy (non-hydrogen) atoms. The number of nitrogens with zero attached hydrogens (tertiary/aromatic N) is 3. The van der Waals surface area contributed by atoms with Crippen LogP contribution in [-0.4, -0.2) is 53.7 Å². The minimum Gasteiger partial charge on any atom is -0.494 e. The van der Waals surface area contributed by atoms with Crippen LogP contribution in [0.1, 0.15) is 54.5 Å². The van der Waals surface area contributed by atoms with E-state index in [-0.39, 0.29) is 30.3 Å². The van der Waals surface area contributed by atoms with E-state index in [1.54, 1.807) is 5.01 Å². The van der Waals surface area contributed by atoms with Gasteiger partial charge < -0.3 is 10.5 Å². The van der Waals surface area contributed by atoms with Gasteiger partial charge in [-0.15, -0.1) is 0 Å². The van der Waals surface area contributed by atoms with Crippen LogP contribution in [0.3, 0.4) is 0 Å². The summed E-state index contributed by atoms with van der Waals surface area (Å²) in [6.45, 7) is 8.38. The van der Waals surface area contributed by atoms with Gasteiger partial charge in [0.25, 0.3) is 5.91 Å². The first-order chi connectivity index (χ1) is 16.4. The van der Waals surface area contributed by atoms with Crippen LogP contribution in [0.5, 0.6) is 5.75 Å². The molecule has 0 spiro atoms. The Bertz CT molecular complexity index is 1070. The maximum atomic E-state index is 13.5. The molecule has 2 aliphatic rings. The van der Waals surface area contributed by atoms with Gasteiger partial charge in [-0.05, 0) is 76.0 Å². The van der Waals surface area contributed by atoms with E-state index in [1.807, 2.05) is 31.2 Å². The minimum atomic E-state index is -0.246. The molecular formula is C27H34N4O3. The smallest absolute Gasteiger partial charge is 0.257 e. The molecule has 2 heterocycles. The van der Waals surface area contributed by atoms with E-state index in [4.69, 9.17) is 15.6 Å². The lowest BCUT2D eigenvalue weighted by Gasteiger charge is -2.31. The zero-order valence-electron chi connectivity index (χ0n) is 20.3. The number of benzene rings is 2. The fourth-order valence-corrected chi connectivity index (χ4v) is 4.80. The number of amides is 2. The number of piperidine rings is 1. The summed E-state index contributed by atoms with van der Waals surface area (Å²) in [7, 11) is 0. The quantitative estimate of drug-likeness (QED) is 0.681. The number of ether oxygens (including phenoxy) is 1. The van der Waals surface area contributed by atoms with E-state index in [1.165, 1.54) is 5.56 Å². The van der Waals surface area contributed by atoms with Crippen molar-refractivity contribution in [2.45, 2.75) is 46.1 Å². The van der Waals surface area contributed by atoms with Crippen molar-refractivity contribution in [1.29, 1.82) is 0 Å². The van der Waals surface area contributed by atoms with E-state index in [0.29, 0.717) is 39.0 Å². The molecule has 0 aliphatic carbocycles. The van der Waals surface area contributed by atoms with Gasteiger partial charge in [0.05, 0.1) is 24.9 Å². The lowest BCUT2D eigenvalue weighted by atomic mass is 9.95. The van der Waals surface area contributed by atoms with Gasteiger partial charge in [0.1, 0.15) is 5.75 Å². The molecule has 180 valence electrons. The Hall–Kier alpha value is -3.19. The van der Waals surface area contributed by atoms with Gasteiger partial charge in [-0.2, -0.15) is 5.10 Å². The molecule has 2 aromatic carbocycles. The molecular weight excluding hydrogens is 428 g/mol. The zero-order valence-corrected chi connectivity index (χ0v) is 20.3. The number of hydrogen-bond donors (Lipinski definition) is 1. The van der Waals surface area contributed by atoms with Crippen molar-refractivity contribution in [2.24, 2.45) is 16.8 Å². The summed E-state index contributed by atoms with van der Waals surface area (Å²) in [5, 5.41) is 6.51. The van der Waals surface area contributed by atoms with Gasteiger partial charge in [0.2, 0.25) is 5.91 Å². The number of primary amides is 1. The van der Waals surface area contributed by atoms with Crippen LogP contribution < -0.4 is 10.5 Å². The Morgan fingerprint density at radius 1 is 1.09 bits per heavy atom. The van der Waals surface area contributed by atoms with Crippen LogP contribution in [0.25, 0.3) is 0 Å². The summed E-state index contributed by atoms with van der Waals surface area (Å²) >= 11 is 0. The molecule has 0 bridgehead atoms. The van der Waals surface area contributed by atoms with Gasteiger partial charge in [-0.3, -0.25) is 14.5 Å². The number of nitrogens with two attached hydrogens (primary N) is 1. The second-order valence-corrected chi connectivity index (χ2v) is 9.28. The number of hydrogen-bond acceptors (Lipinski definition) is 5. The Kier molecular flexibility index (Phi) is 7.32. The highest BCUT2D eigenvalue weighted by molar-refractivity contribution is 6.04. The molecule has 4 rings (SSSR count). The lowest BCUT2D eigenvalue weighted by Crippen LogP contribution is -2.43. The van der Waals surface area contributed by atoms with E-state index >= 15 is 0 Å². The minimum absolute atomic E-state index is 0.0308.